The Morgan fingerprint density at radius 2 is 1.79 bits per heavy atom. The van der Waals surface area contributed by atoms with Crippen LogP contribution in [0.15, 0.2) is 36.5 Å². The predicted molar refractivity (Wildman–Crippen MR) is 117 cm³/mol. The Labute approximate surface area is 187 Å². The molecule has 0 saturated carbocycles. The molecule has 1 fully saturated rings. The largest absolute Gasteiger partial charge is 0.405 e. The van der Waals surface area contributed by atoms with Gasteiger partial charge in [0.25, 0.3) is 5.91 Å². The number of aromatic nitrogens is 3. The normalized spacial score (nSPS) is 16.5. The van der Waals surface area contributed by atoms with Gasteiger partial charge < -0.3 is 20.9 Å². The summed E-state index contributed by atoms with van der Waals surface area (Å²) in [5.41, 5.74) is 1.29. The van der Waals surface area contributed by atoms with Crippen molar-refractivity contribution >= 4 is 44.2 Å². The first-order valence-corrected chi connectivity index (χ1v) is 11.9. The summed E-state index contributed by atoms with van der Waals surface area (Å²) >= 11 is 0. The molecule has 4 N–H and O–H groups in total. The summed E-state index contributed by atoms with van der Waals surface area (Å²) in [6.07, 6.45) is -2.07. The minimum absolute atomic E-state index is 0.0339. The van der Waals surface area contributed by atoms with Gasteiger partial charge in [-0.3, -0.25) is 4.79 Å². The molecule has 33 heavy (non-hydrogen) atoms. The fraction of sp³-hybridized carbons (Fsp3) is 0.350. The van der Waals surface area contributed by atoms with E-state index in [9.17, 15) is 26.4 Å². The molecule has 1 saturated heterocycles. The van der Waals surface area contributed by atoms with Crippen LogP contribution in [0.2, 0.25) is 0 Å². The van der Waals surface area contributed by atoms with Gasteiger partial charge in [-0.25, -0.2) is 8.42 Å². The Kier molecular flexibility index (Phi) is 6.15. The van der Waals surface area contributed by atoms with E-state index >= 15 is 0 Å². The number of anilines is 3. The van der Waals surface area contributed by atoms with E-state index < -0.39 is 22.6 Å². The first kappa shape index (κ1) is 22.8. The standard InChI is InChI=1S/C20H21F3N6O3S/c21-20(22,23)11-25-17-15-5-8-24-16(15)28-19(29-17)27-13-3-1-12(2-4-13)18(30)26-14-6-9-33(31,32)10-7-14/h1-5,8,14H,6-7,9-11H2,(H,26,30)(H3,24,25,27,28,29). The number of H-pyrrole nitrogens is 1. The van der Waals surface area contributed by atoms with Gasteiger partial charge >= 0.3 is 6.18 Å². The lowest BCUT2D eigenvalue weighted by molar-refractivity contribution is -0.115. The highest BCUT2D eigenvalue weighted by atomic mass is 32.2. The highest BCUT2D eigenvalue weighted by Gasteiger charge is 2.27. The van der Waals surface area contributed by atoms with Gasteiger partial charge in [0, 0.05) is 23.5 Å². The van der Waals surface area contributed by atoms with Crippen LogP contribution < -0.4 is 16.0 Å². The van der Waals surface area contributed by atoms with Gasteiger partial charge in [0.2, 0.25) is 5.95 Å². The number of hydrogen-bond acceptors (Lipinski definition) is 7. The first-order chi connectivity index (χ1) is 15.6. The lowest BCUT2D eigenvalue weighted by Crippen LogP contribution is -2.40. The van der Waals surface area contributed by atoms with Crippen LogP contribution in [0.1, 0.15) is 23.2 Å². The summed E-state index contributed by atoms with van der Waals surface area (Å²) in [4.78, 5) is 23.7. The molecule has 13 heteroatoms. The van der Waals surface area contributed by atoms with Gasteiger partial charge in [-0.1, -0.05) is 0 Å². The van der Waals surface area contributed by atoms with Gasteiger partial charge in [-0.15, -0.1) is 0 Å². The van der Waals surface area contributed by atoms with Crippen LogP contribution in [-0.4, -0.2) is 59.5 Å². The van der Waals surface area contributed by atoms with Gasteiger partial charge in [0.05, 0.1) is 16.9 Å². The molecule has 3 heterocycles. The molecule has 1 aliphatic heterocycles. The smallest absolute Gasteiger partial charge is 0.360 e. The zero-order valence-electron chi connectivity index (χ0n) is 17.2. The topological polar surface area (TPSA) is 129 Å². The number of alkyl halides is 3. The molecular formula is C20H21F3N6O3S. The number of amides is 1. The minimum Gasteiger partial charge on any atom is -0.360 e. The SMILES string of the molecule is O=C(NC1CCS(=O)(=O)CC1)c1ccc(Nc2nc(NCC(F)(F)F)c3cc[nH]c3n2)cc1. The van der Waals surface area contributed by atoms with Gasteiger partial charge in [-0.2, -0.15) is 23.1 Å². The van der Waals surface area contributed by atoms with E-state index in [2.05, 4.69) is 30.9 Å². The van der Waals surface area contributed by atoms with E-state index in [4.69, 9.17) is 0 Å². The van der Waals surface area contributed by atoms with E-state index in [0.717, 1.165) is 0 Å². The highest BCUT2D eigenvalue weighted by Crippen LogP contribution is 2.25. The maximum Gasteiger partial charge on any atom is 0.405 e. The van der Waals surface area contributed by atoms with Crippen molar-refractivity contribution in [1.82, 2.24) is 20.3 Å². The second-order valence-corrected chi connectivity index (χ2v) is 10.0. The average molecular weight is 482 g/mol. The van der Waals surface area contributed by atoms with Crippen molar-refractivity contribution in [3.8, 4) is 0 Å². The molecule has 4 rings (SSSR count). The first-order valence-electron chi connectivity index (χ1n) is 10.1. The number of hydrogen-bond donors (Lipinski definition) is 4. The second-order valence-electron chi connectivity index (χ2n) is 7.71. The van der Waals surface area contributed by atoms with E-state index in [0.29, 0.717) is 35.1 Å². The summed E-state index contributed by atoms with van der Waals surface area (Å²) in [6.45, 7) is -1.24. The molecule has 0 aliphatic carbocycles. The molecule has 1 aromatic carbocycles. The number of fused-ring (bicyclic) bond motifs is 1. The van der Waals surface area contributed by atoms with Crippen LogP contribution in [0.5, 0.6) is 0 Å². The average Bonchev–Trinajstić information content (AvgIpc) is 3.22. The van der Waals surface area contributed by atoms with Crippen LogP contribution in [0.4, 0.5) is 30.6 Å². The van der Waals surface area contributed by atoms with Gasteiger partial charge in [0.1, 0.15) is 27.8 Å². The molecule has 0 atom stereocenters. The highest BCUT2D eigenvalue weighted by molar-refractivity contribution is 7.91. The Morgan fingerprint density at radius 3 is 2.45 bits per heavy atom. The summed E-state index contributed by atoms with van der Waals surface area (Å²) in [6, 6.07) is 7.77. The molecule has 0 spiro atoms. The zero-order valence-corrected chi connectivity index (χ0v) is 18.1. The maximum absolute atomic E-state index is 12.6. The van der Waals surface area contributed by atoms with Crippen molar-refractivity contribution in [3.63, 3.8) is 0 Å². The Bertz CT molecular complexity index is 1240. The van der Waals surface area contributed by atoms with Crippen molar-refractivity contribution in [2.24, 2.45) is 0 Å². The predicted octanol–water partition coefficient (Wildman–Crippen LogP) is 2.98. The van der Waals surface area contributed by atoms with E-state index in [1.165, 1.54) is 0 Å². The van der Waals surface area contributed by atoms with E-state index in [-0.39, 0.29) is 35.2 Å². The Morgan fingerprint density at radius 1 is 1.09 bits per heavy atom. The summed E-state index contributed by atoms with van der Waals surface area (Å²) < 4.78 is 60.9. The molecule has 0 unspecified atom stereocenters. The number of carbonyl (C=O) groups is 1. The lowest BCUT2D eigenvalue weighted by Gasteiger charge is -2.23. The maximum atomic E-state index is 12.6. The zero-order chi connectivity index (χ0) is 23.6. The van der Waals surface area contributed by atoms with Crippen molar-refractivity contribution in [2.75, 3.05) is 28.7 Å². The molecule has 176 valence electrons. The molecule has 0 radical (unpaired) electrons. The molecule has 3 aromatic rings. The van der Waals surface area contributed by atoms with Gasteiger partial charge in [0.15, 0.2) is 0 Å². The molecule has 1 aliphatic rings. The van der Waals surface area contributed by atoms with Gasteiger partial charge in [-0.05, 0) is 43.2 Å². The van der Waals surface area contributed by atoms with E-state index in [1.54, 1.807) is 36.5 Å². The summed E-state index contributed by atoms with van der Waals surface area (Å²) in [7, 11) is -3.01. The number of sulfone groups is 1. The second kappa shape index (κ2) is 8.89. The molecule has 1 amide bonds. The van der Waals surface area contributed by atoms with E-state index in [1.807, 2.05) is 0 Å². The van der Waals surface area contributed by atoms with Crippen LogP contribution in [0.25, 0.3) is 11.0 Å². The Hall–Kier alpha value is -3.35. The quantitative estimate of drug-likeness (QED) is 0.425. The minimum atomic E-state index is -4.40. The number of carbonyl (C=O) groups excluding carboxylic acids is 1. The van der Waals surface area contributed by atoms with Crippen LogP contribution in [0, 0.1) is 0 Å². The third kappa shape index (κ3) is 5.92. The van der Waals surface area contributed by atoms with Crippen LogP contribution in [-0.2, 0) is 9.84 Å². The van der Waals surface area contributed by atoms with Crippen molar-refractivity contribution < 1.29 is 26.4 Å². The van der Waals surface area contributed by atoms with Crippen molar-refractivity contribution in [1.29, 1.82) is 0 Å². The van der Waals surface area contributed by atoms with Crippen molar-refractivity contribution in [3.05, 3.63) is 42.1 Å². The van der Waals surface area contributed by atoms with Crippen LogP contribution in [0.3, 0.4) is 0 Å². The molecule has 9 nitrogen and oxygen atoms in total. The number of nitrogens with one attached hydrogen (secondary N) is 4. The third-order valence-corrected chi connectivity index (χ3v) is 6.88. The van der Waals surface area contributed by atoms with Crippen LogP contribution >= 0.6 is 0 Å². The monoisotopic (exact) mass is 482 g/mol. The molecular weight excluding hydrogens is 461 g/mol. The molecule has 0 bridgehead atoms. The van der Waals surface area contributed by atoms with Crippen molar-refractivity contribution in [2.45, 2.75) is 25.1 Å². The summed E-state index contributed by atoms with van der Waals surface area (Å²) in [5.74, 6) is -0.0762. The number of rotatable bonds is 6. The number of aromatic amines is 1. The fourth-order valence-electron chi connectivity index (χ4n) is 3.45. The lowest BCUT2D eigenvalue weighted by atomic mass is 10.1. The third-order valence-electron chi connectivity index (χ3n) is 5.17. The summed E-state index contributed by atoms with van der Waals surface area (Å²) in [5, 5.41) is 8.46. The fourth-order valence-corrected chi connectivity index (χ4v) is 4.94. The molecule has 2 aromatic heterocycles. The Balaban J connectivity index is 1.43. The number of nitrogens with zero attached hydrogens (tertiary/aromatic N) is 2. The number of halogens is 3. The number of benzene rings is 1.